The van der Waals surface area contributed by atoms with Crippen molar-refractivity contribution in [3.05, 3.63) is 82.6 Å². The van der Waals surface area contributed by atoms with E-state index in [4.69, 9.17) is 4.74 Å². The number of rotatable bonds is 6. The van der Waals surface area contributed by atoms with Crippen LogP contribution in [-0.4, -0.2) is 21.4 Å². The van der Waals surface area contributed by atoms with E-state index in [-0.39, 0.29) is 11.5 Å². The second kappa shape index (κ2) is 7.72. The summed E-state index contributed by atoms with van der Waals surface area (Å²) in [5.74, 6) is -0.487. The van der Waals surface area contributed by atoms with Gasteiger partial charge in [-0.2, -0.15) is 0 Å². The highest BCUT2D eigenvalue weighted by atomic mass is 32.2. The molecule has 134 valence electrons. The lowest BCUT2D eigenvalue weighted by molar-refractivity contribution is 0.0476. The molecule has 0 bridgehead atoms. The number of carbonyl (C=O) groups is 1. The van der Waals surface area contributed by atoms with Gasteiger partial charge in [0.25, 0.3) is 10.0 Å². The quantitative estimate of drug-likeness (QED) is 0.601. The number of benzene rings is 2. The van der Waals surface area contributed by atoms with Crippen molar-refractivity contribution in [2.75, 3.05) is 11.4 Å². The van der Waals surface area contributed by atoms with Crippen molar-refractivity contribution in [3.63, 3.8) is 0 Å². The fourth-order valence-electron chi connectivity index (χ4n) is 2.31. The van der Waals surface area contributed by atoms with Crippen LogP contribution in [-0.2, 0) is 21.4 Å². The highest BCUT2D eigenvalue weighted by molar-refractivity contribution is 7.92. The van der Waals surface area contributed by atoms with Crippen molar-refractivity contribution in [1.82, 2.24) is 0 Å². The number of sulfonamides is 1. The molecule has 2 aromatic carbocycles. The maximum Gasteiger partial charge on any atom is 0.338 e. The summed E-state index contributed by atoms with van der Waals surface area (Å²) < 4.78 is 31.8. The second-order valence-electron chi connectivity index (χ2n) is 5.49. The third-order valence-electron chi connectivity index (χ3n) is 3.79. The average molecular weight is 387 g/mol. The van der Waals surface area contributed by atoms with E-state index in [1.54, 1.807) is 24.3 Å². The van der Waals surface area contributed by atoms with E-state index >= 15 is 0 Å². The molecule has 0 atom stereocenters. The smallest absolute Gasteiger partial charge is 0.338 e. The van der Waals surface area contributed by atoms with Gasteiger partial charge in [-0.1, -0.05) is 24.3 Å². The third kappa shape index (κ3) is 3.95. The molecule has 3 aromatic rings. The van der Waals surface area contributed by atoms with E-state index in [1.165, 1.54) is 47.0 Å². The molecule has 0 unspecified atom stereocenters. The zero-order valence-corrected chi connectivity index (χ0v) is 15.7. The fourth-order valence-corrected chi connectivity index (χ4v) is 4.12. The van der Waals surface area contributed by atoms with Crippen molar-refractivity contribution in [2.24, 2.45) is 0 Å². The van der Waals surface area contributed by atoms with E-state index in [0.717, 1.165) is 4.88 Å². The summed E-state index contributed by atoms with van der Waals surface area (Å²) in [6.07, 6.45) is 0. The minimum absolute atomic E-state index is 0.110. The topological polar surface area (TPSA) is 63.7 Å². The highest BCUT2D eigenvalue weighted by Crippen LogP contribution is 2.22. The summed E-state index contributed by atoms with van der Waals surface area (Å²) in [4.78, 5) is 13.1. The Morgan fingerprint density at radius 3 is 2.31 bits per heavy atom. The van der Waals surface area contributed by atoms with Crippen molar-refractivity contribution in [3.8, 4) is 0 Å². The van der Waals surface area contributed by atoms with E-state index in [0.29, 0.717) is 11.3 Å². The van der Waals surface area contributed by atoms with Crippen LogP contribution in [0, 0.1) is 0 Å². The molecular formula is C19H17NO4S2. The lowest BCUT2D eigenvalue weighted by atomic mass is 10.2. The van der Waals surface area contributed by atoms with E-state index in [1.807, 2.05) is 23.6 Å². The van der Waals surface area contributed by atoms with Gasteiger partial charge >= 0.3 is 5.97 Å². The van der Waals surface area contributed by atoms with Gasteiger partial charge in [-0.05, 0) is 47.8 Å². The second-order valence-corrected chi connectivity index (χ2v) is 8.49. The van der Waals surface area contributed by atoms with Gasteiger partial charge in [0, 0.05) is 11.9 Å². The monoisotopic (exact) mass is 387 g/mol. The van der Waals surface area contributed by atoms with Crippen molar-refractivity contribution >= 4 is 33.0 Å². The Morgan fingerprint density at radius 2 is 1.69 bits per heavy atom. The zero-order valence-electron chi connectivity index (χ0n) is 14.0. The molecule has 1 aromatic heterocycles. The number of hydrogen-bond donors (Lipinski definition) is 0. The first-order valence-corrected chi connectivity index (χ1v) is 10.1. The molecule has 0 amide bonds. The number of carbonyl (C=O) groups excluding carboxylic acids is 1. The third-order valence-corrected chi connectivity index (χ3v) is 6.44. The minimum Gasteiger partial charge on any atom is -0.456 e. The van der Waals surface area contributed by atoms with Crippen LogP contribution >= 0.6 is 11.3 Å². The molecule has 0 aliphatic heterocycles. The lowest BCUT2D eigenvalue weighted by Crippen LogP contribution is -2.26. The predicted octanol–water partition coefficient (Wildman–Crippen LogP) is 3.93. The summed E-state index contributed by atoms with van der Waals surface area (Å²) in [5, 5.41) is 1.91. The van der Waals surface area contributed by atoms with Crippen LogP contribution in [0.1, 0.15) is 15.2 Å². The van der Waals surface area contributed by atoms with Crippen molar-refractivity contribution < 1.29 is 17.9 Å². The Balaban J connectivity index is 1.73. The molecule has 0 saturated heterocycles. The molecule has 0 fully saturated rings. The first-order chi connectivity index (χ1) is 12.5. The van der Waals surface area contributed by atoms with Crippen molar-refractivity contribution in [2.45, 2.75) is 11.5 Å². The van der Waals surface area contributed by atoms with Crippen LogP contribution in [0.25, 0.3) is 0 Å². The molecule has 1 heterocycles. The Labute approximate surface area is 156 Å². The summed E-state index contributed by atoms with van der Waals surface area (Å²) in [6, 6.07) is 18.3. The largest absolute Gasteiger partial charge is 0.456 e. The Bertz CT molecular complexity index is 966. The Hall–Kier alpha value is -2.64. The minimum atomic E-state index is -3.70. The van der Waals surface area contributed by atoms with Gasteiger partial charge in [-0.25, -0.2) is 13.2 Å². The van der Waals surface area contributed by atoms with Gasteiger partial charge in [0.2, 0.25) is 0 Å². The van der Waals surface area contributed by atoms with Crippen LogP contribution in [0.5, 0.6) is 0 Å². The first kappa shape index (κ1) is 18.2. The highest BCUT2D eigenvalue weighted by Gasteiger charge is 2.21. The van der Waals surface area contributed by atoms with E-state index < -0.39 is 16.0 Å². The Morgan fingerprint density at radius 1 is 1.00 bits per heavy atom. The van der Waals surface area contributed by atoms with Gasteiger partial charge in [-0.3, -0.25) is 4.31 Å². The van der Waals surface area contributed by atoms with Gasteiger partial charge in [0.1, 0.15) is 6.61 Å². The van der Waals surface area contributed by atoms with E-state index in [2.05, 4.69) is 0 Å². The summed E-state index contributed by atoms with van der Waals surface area (Å²) >= 11 is 1.50. The lowest BCUT2D eigenvalue weighted by Gasteiger charge is -2.19. The number of ether oxygens (including phenoxy) is 1. The predicted molar refractivity (Wildman–Crippen MR) is 102 cm³/mol. The molecule has 5 nitrogen and oxygen atoms in total. The molecule has 0 aliphatic carbocycles. The molecule has 0 N–H and O–H groups in total. The number of anilines is 1. The molecule has 0 radical (unpaired) electrons. The van der Waals surface area contributed by atoms with Crippen LogP contribution < -0.4 is 4.31 Å². The van der Waals surface area contributed by atoms with Crippen LogP contribution in [0.2, 0.25) is 0 Å². The number of esters is 1. The molecule has 0 spiro atoms. The Kier molecular flexibility index (Phi) is 5.39. The fraction of sp³-hybridized carbons (Fsp3) is 0.105. The first-order valence-electron chi connectivity index (χ1n) is 7.82. The molecule has 0 aliphatic rings. The molecule has 3 rings (SSSR count). The summed E-state index contributed by atoms with van der Waals surface area (Å²) in [7, 11) is -2.21. The van der Waals surface area contributed by atoms with Gasteiger partial charge in [0.15, 0.2) is 0 Å². The zero-order chi connectivity index (χ0) is 18.6. The SMILES string of the molecule is CN(c1ccccc1)S(=O)(=O)c1ccc(C(=O)OCc2cccs2)cc1. The average Bonchev–Trinajstić information content (AvgIpc) is 3.20. The number of para-hydroxylation sites is 1. The van der Waals surface area contributed by atoms with E-state index in [9.17, 15) is 13.2 Å². The summed E-state index contributed by atoms with van der Waals surface area (Å²) in [5.41, 5.74) is 0.870. The number of nitrogens with zero attached hydrogens (tertiary/aromatic N) is 1. The summed E-state index contributed by atoms with van der Waals surface area (Å²) in [6.45, 7) is 0.202. The molecule has 7 heteroatoms. The van der Waals surface area contributed by atoms with Gasteiger partial charge < -0.3 is 4.74 Å². The molecule has 26 heavy (non-hydrogen) atoms. The molecule has 0 saturated carbocycles. The standard InChI is InChI=1S/C19H17NO4S2/c1-20(16-6-3-2-4-7-16)26(22,23)18-11-9-15(10-12-18)19(21)24-14-17-8-5-13-25-17/h2-13H,14H2,1H3. The normalized spacial score (nSPS) is 11.1. The molecular weight excluding hydrogens is 370 g/mol. The number of thiophene rings is 1. The van der Waals surface area contributed by atoms with Crippen LogP contribution in [0.3, 0.4) is 0 Å². The van der Waals surface area contributed by atoms with Crippen molar-refractivity contribution in [1.29, 1.82) is 0 Å². The maximum absolute atomic E-state index is 12.7. The maximum atomic E-state index is 12.7. The van der Waals surface area contributed by atoms with Gasteiger partial charge in [0.05, 0.1) is 16.1 Å². The number of hydrogen-bond acceptors (Lipinski definition) is 5. The van der Waals surface area contributed by atoms with Gasteiger partial charge in [-0.15, -0.1) is 11.3 Å². The van der Waals surface area contributed by atoms with Crippen LogP contribution in [0.4, 0.5) is 5.69 Å². The van der Waals surface area contributed by atoms with Crippen LogP contribution in [0.15, 0.2) is 77.0 Å².